The summed E-state index contributed by atoms with van der Waals surface area (Å²) >= 11 is 2.22. The summed E-state index contributed by atoms with van der Waals surface area (Å²) in [5.74, 6) is 0.207. The monoisotopic (exact) mass is 326 g/mol. The number of phenols is 1. The molecule has 2 aromatic carbocycles. The van der Waals surface area contributed by atoms with Gasteiger partial charge in [0.15, 0.2) is 0 Å². The summed E-state index contributed by atoms with van der Waals surface area (Å²) in [6, 6.07) is 14.3. The Hall–Kier alpha value is -1.07. The molecule has 3 heteroatoms. The minimum Gasteiger partial charge on any atom is -0.508 e. The van der Waals surface area contributed by atoms with Crippen molar-refractivity contribution in [1.82, 2.24) is 0 Å². The van der Waals surface area contributed by atoms with Gasteiger partial charge in [0, 0.05) is 3.57 Å². The molecule has 0 amide bonds. The summed E-state index contributed by atoms with van der Waals surface area (Å²) in [6.07, 6.45) is -0.641. The molecule has 0 saturated heterocycles. The number of phenolic OH excluding ortho intramolecular Hbond substituents is 1. The molecule has 0 radical (unpaired) electrons. The van der Waals surface area contributed by atoms with Crippen LogP contribution in [0.15, 0.2) is 48.5 Å². The van der Waals surface area contributed by atoms with Crippen LogP contribution in [0.4, 0.5) is 0 Å². The van der Waals surface area contributed by atoms with Crippen molar-refractivity contribution in [3.8, 4) is 5.75 Å². The van der Waals surface area contributed by atoms with Crippen molar-refractivity contribution in [1.29, 1.82) is 0 Å². The lowest BCUT2D eigenvalue weighted by Gasteiger charge is -2.11. The highest BCUT2D eigenvalue weighted by Crippen LogP contribution is 2.23. The van der Waals surface area contributed by atoms with Crippen molar-refractivity contribution >= 4 is 22.6 Å². The van der Waals surface area contributed by atoms with Gasteiger partial charge in [-0.2, -0.15) is 0 Å². The van der Waals surface area contributed by atoms with Crippen molar-refractivity contribution in [3.63, 3.8) is 0 Å². The lowest BCUT2D eigenvalue weighted by atomic mass is 10.0. The first-order chi connectivity index (χ1) is 7.66. The molecule has 0 spiro atoms. The largest absolute Gasteiger partial charge is 0.508 e. The van der Waals surface area contributed by atoms with Crippen LogP contribution in [0.1, 0.15) is 17.2 Å². The number of halogens is 1. The van der Waals surface area contributed by atoms with Crippen molar-refractivity contribution < 1.29 is 10.2 Å². The lowest BCUT2D eigenvalue weighted by Crippen LogP contribution is -1.98. The number of rotatable bonds is 2. The Labute approximate surface area is 108 Å². The van der Waals surface area contributed by atoms with Crippen molar-refractivity contribution in [2.45, 2.75) is 6.10 Å². The van der Waals surface area contributed by atoms with E-state index < -0.39 is 6.10 Å². The zero-order chi connectivity index (χ0) is 11.5. The molecule has 0 bridgehead atoms. The molecule has 16 heavy (non-hydrogen) atoms. The molecule has 0 aromatic heterocycles. The van der Waals surface area contributed by atoms with Gasteiger partial charge in [0.25, 0.3) is 0 Å². The summed E-state index contributed by atoms with van der Waals surface area (Å²) in [7, 11) is 0. The first-order valence-corrected chi connectivity index (χ1v) is 5.97. The fourth-order valence-electron chi connectivity index (χ4n) is 1.49. The van der Waals surface area contributed by atoms with E-state index in [-0.39, 0.29) is 5.75 Å². The third kappa shape index (κ3) is 2.54. The summed E-state index contributed by atoms with van der Waals surface area (Å²) < 4.78 is 1.14. The zero-order valence-corrected chi connectivity index (χ0v) is 10.6. The van der Waals surface area contributed by atoms with Gasteiger partial charge in [0.05, 0.1) is 0 Å². The third-order valence-electron chi connectivity index (χ3n) is 2.39. The van der Waals surface area contributed by atoms with E-state index in [0.717, 1.165) is 14.7 Å². The predicted octanol–water partition coefficient (Wildman–Crippen LogP) is 3.08. The molecule has 0 aliphatic carbocycles. The number of benzene rings is 2. The SMILES string of the molecule is Oc1ccc(C(O)c2ccc(I)cc2)cc1. The molecule has 2 rings (SSSR count). The number of hydrogen-bond donors (Lipinski definition) is 2. The Morgan fingerprint density at radius 2 is 1.25 bits per heavy atom. The average Bonchev–Trinajstić information content (AvgIpc) is 2.30. The Morgan fingerprint density at radius 1 is 0.812 bits per heavy atom. The minimum absolute atomic E-state index is 0.207. The second-order valence-corrected chi connectivity index (χ2v) is 4.79. The van der Waals surface area contributed by atoms with Gasteiger partial charge in [-0.25, -0.2) is 0 Å². The van der Waals surface area contributed by atoms with E-state index in [2.05, 4.69) is 22.6 Å². The maximum Gasteiger partial charge on any atom is 0.115 e. The van der Waals surface area contributed by atoms with Crippen molar-refractivity contribution in [3.05, 3.63) is 63.2 Å². The first kappa shape index (κ1) is 11.4. The van der Waals surface area contributed by atoms with E-state index in [4.69, 9.17) is 5.11 Å². The highest BCUT2D eigenvalue weighted by Gasteiger charge is 2.09. The molecule has 2 nitrogen and oxygen atoms in total. The summed E-state index contributed by atoms with van der Waals surface area (Å²) in [6.45, 7) is 0. The molecule has 82 valence electrons. The topological polar surface area (TPSA) is 40.5 Å². The lowest BCUT2D eigenvalue weighted by molar-refractivity contribution is 0.220. The highest BCUT2D eigenvalue weighted by molar-refractivity contribution is 14.1. The van der Waals surface area contributed by atoms with Gasteiger partial charge < -0.3 is 10.2 Å². The van der Waals surface area contributed by atoms with Gasteiger partial charge in [-0.1, -0.05) is 24.3 Å². The Kier molecular flexibility index (Phi) is 3.46. The zero-order valence-electron chi connectivity index (χ0n) is 8.47. The fraction of sp³-hybridized carbons (Fsp3) is 0.0769. The second kappa shape index (κ2) is 4.84. The molecule has 0 saturated carbocycles. The average molecular weight is 326 g/mol. The van der Waals surface area contributed by atoms with Crippen LogP contribution in [-0.2, 0) is 0 Å². The van der Waals surface area contributed by atoms with E-state index >= 15 is 0 Å². The predicted molar refractivity (Wildman–Crippen MR) is 71.3 cm³/mol. The van der Waals surface area contributed by atoms with Crippen molar-refractivity contribution in [2.75, 3.05) is 0 Å². The van der Waals surface area contributed by atoms with Crippen LogP contribution in [0.2, 0.25) is 0 Å². The van der Waals surface area contributed by atoms with Gasteiger partial charge in [0.1, 0.15) is 11.9 Å². The Morgan fingerprint density at radius 3 is 1.75 bits per heavy atom. The van der Waals surface area contributed by atoms with E-state index in [9.17, 15) is 5.11 Å². The van der Waals surface area contributed by atoms with Gasteiger partial charge in [-0.3, -0.25) is 0 Å². The van der Waals surface area contributed by atoms with Crippen LogP contribution in [-0.4, -0.2) is 10.2 Å². The normalized spacial score (nSPS) is 12.4. The Balaban J connectivity index is 2.28. The first-order valence-electron chi connectivity index (χ1n) is 4.89. The third-order valence-corrected chi connectivity index (χ3v) is 3.11. The van der Waals surface area contributed by atoms with E-state index in [1.54, 1.807) is 24.3 Å². The molecule has 2 aromatic rings. The maximum absolute atomic E-state index is 10.1. The van der Waals surface area contributed by atoms with Crippen LogP contribution in [0, 0.1) is 3.57 Å². The molecule has 1 atom stereocenters. The smallest absolute Gasteiger partial charge is 0.115 e. The standard InChI is InChI=1S/C13H11IO2/c14-11-5-1-9(2-6-11)13(16)10-3-7-12(15)8-4-10/h1-8,13,15-16H. The minimum atomic E-state index is -0.641. The fourth-order valence-corrected chi connectivity index (χ4v) is 1.85. The number of aromatic hydroxyl groups is 1. The molecular weight excluding hydrogens is 315 g/mol. The Bertz CT molecular complexity index is 417. The van der Waals surface area contributed by atoms with E-state index in [1.807, 2.05) is 24.3 Å². The van der Waals surface area contributed by atoms with Gasteiger partial charge >= 0.3 is 0 Å². The van der Waals surface area contributed by atoms with Crippen LogP contribution in [0.3, 0.4) is 0 Å². The molecule has 0 aliphatic heterocycles. The van der Waals surface area contributed by atoms with Gasteiger partial charge in [-0.15, -0.1) is 0 Å². The molecule has 0 fully saturated rings. The van der Waals surface area contributed by atoms with E-state index in [0.29, 0.717) is 0 Å². The summed E-state index contributed by atoms with van der Waals surface area (Å²) in [5.41, 5.74) is 1.63. The summed E-state index contributed by atoms with van der Waals surface area (Å²) in [5, 5.41) is 19.3. The molecule has 0 aliphatic rings. The molecular formula is C13H11IO2. The maximum atomic E-state index is 10.1. The van der Waals surface area contributed by atoms with E-state index in [1.165, 1.54) is 0 Å². The summed E-state index contributed by atoms with van der Waals surface area (Å²) in [4.78, 5) is 0. The van der Waals surface area contributed by atoms with Crippen LogP contribution >= 0.6 is 22.6 Å². The molecule has 2 N–H and O–H groups in total. The number of aliphatic hydroxyl groups is 1. The number of hydrogen-bond acceptors (Lipinski definition) is 2. The van der Waals surface area contributed by atoms with Crippen molar-refractivity contribution in [2.24, 2.45) is 0 Å². The molecule has 0 heterocycles. The molecule has 1 unspecified atom stereocenters. The number of aliphatic hydroxyl groups excluding tert-OH is 1. The van der Waals surface area contributed by atoms with Crippen LogP contribution < -0.4 is 0 Å². The van der Waals surface area contributed by atoms with Crippen LogP contribution in [0.5, 0.6) is 5.75 Å². The van der Waals surface area contributed by atoms with Crippen LogP contribution in [0.25, 0.3) is 0 Å². The van der Waals surface area contributed by atoms with Gasteiger partial charge in [0.2, 0.25) is 0 Å². The van der Waals surface area contributed by atoms with Gasteiger partial charge in [-0.05, 0) is 58.0 Å². The highest BCUT2D eigenvalue weighted by atomic mass is 127. The second-order valence-electron chi connectivity index (χ2n) is 3.55. The quantitative estimate of drug-likeness (QED) is 0.833.